The van der Waals surface area contributed by atoms with Crippen molar-refractivity contribution in [3.05, 3.63) is 63.3 Å². The topological polar surface area (TPSA) is 137 Å². The van der Waals surface area contributed by atoms with Crippen molar-refractivity contribution in [2.24, 2.45) is 5.10 Å². The standard InChI is InChI=1S/C26H27BrN4O7S/c1-5-36-25(34)22-14(2)29-26(39)30-23(22)17-8-6-7-9-19(17)37-13-21(33)31-28-12-16-10-18(27)24(38-15(3)32)20(11-16)35-4/h6-12,23H,5,13H2,1-4H3,(H,31,33)(H2,29,30,39)/t23-/m0/s1. The van der Waals surface area contributed by atoms with Crippen LogP contribution in [0.15, 0.2) is 57.2 Å². The Balaban J connectivity index is 1.70. The second-order valence-electron chi connectivity index (χ2n) is 8.04. The number of halogens is 1. The molecule has 3 N–H and O–H groups in total. The number of hydrogen-bond donors (Lipinski definition) is 3. The van der Waals surface area contributed by atoms with Gasteiger partial charge in [0.1, 0.15) is 5.75 Å². The molecule has 206 valence electrons. The second-order valence-corrected chi connectivity index (χ2v) is 9.30. The van der Waals surface area contributed by atoms with Crippen LogP contribution < -0.4 is 30.3 Å². The molecular formula is C26H27BrN4O7S. The minimum absolute atomic E-state index is 0.214. The highest BCUT2D eigenvalue weighted by atomic mass is 79.9. The molecule has 1 aliphatic rings. The van der Waals surface area contributed by atoms with Crippen LogP contribution in [0.1, 0.15) is 37.9 Å². The third kappa shape index (κ3) is 7.77. The second kappa shape index (κ2) is 13.7. The molecule has 1 aliphatic heterocycles. The van der Waals surface area contributed by atoms with Crippen molar-refractivity contribution < 1.29 is 33.3 Å². The molecular weight excluding hydrogens is 592 g/mol. The first-order valence-corrected chi connectivity index (χ1v) is 12.9. The van der Waals surface area contributed by atoms with Crippen LogP contribution >= 0.6 is 28.1 Å². The Morgan fingerprint density at radius 3 is 2.64 bits per heavy atom. The van der Waals surface area contributed by atoms with Crippen LogP contribution in [-0.2, 0) is 19.1 Å². The lowest BCUT2D eigenvalue weighted by Crippen LogP contribution is -2.45. The normalized spacial score (nSPS) is 14.8. The molecule has 0 saturated heterocycles. The number of thiocarbonyl (C=S) groups is 1. The van der Waals surface area contributed by atoms with Crippen LogP contribution in [0.4, 0.5) is 0 Å². The van der Waals surface area contributed by atoms with Gasteiger partial charge in [0.25, 0.3) is 5.91 Å². The summed E-state index contributed by atoms with van der Waals surface area (Å²) in [6.07, 6.45) is 1.40. The largest absolute Gasteiger partial charge is 0.493 e. The highest BCUT2D eigenvalue weighted by Crippen LogP contribution is 2.36. The molecule has 2 aromatic rings. The van der Waals surface area contributed by atoms with Crippen LogP contribution in [0, 0.1) is 0 Å². The van der Waals surface area contributed by atoms with E-state index >= 15 is 0 Å². The number of allylic oxidation sites excluding steroid dienone is 1. The Morgan fingerprint density at radius 1 is 1.21 bits per heavy atom. The van der Waals surface area contributed by atoms with E-state index in [-0.39, 0.29) is 19.0 Å². The zero-order chi connectivity index (χ0) is 28.5. The van der Waals surface area contributed by atoms with Gasteiger partial charge >= 0.3 is 11.9 Å². The predicted octanol–water partition coefficient (Wildman–Crippen LogP) is 3.27. The number of ether oxygens (including phenoxy) is 4. The maximum absolute atomic E-state index is 12.7. The minimum Gasteiger partial charge on any atom is -0.493 e. The van der Waals surface area contributed by atoms with Crippen LogP contribution in [0.25, 0.3) is 0 Å². The van der Waals surface area contributed by atoms with Gasteiger partial charge in [0.05, 0.1) is 36.0 Å². The summed E-state index contributed by atoms with van der Waals surface area (Å²) in [6.45, 7) is 4.61. The van der Waals surface area contributed by atoms with Gasteiger partial charge in [-0.3, -0.25) is 9.59 Å². The first kappa shape index (κ1) is 29.6. The Kier molecular flexibility index (Phi) is 10.4. The highest BCUT2D eigenvalue weighted by molar-refractivity contribution is 9.10. The number of para-hydroxylation sites is 1. The molecule has 0 unspecified atom stereocenters. The molecule has 0 radical (unpaired) electrons. The number of nitrogens with one attached hydrogen (secondary N) is 3. The molecule has 1 heterocycles. The van der Waals surface area contributed by atoms with Crippen molar-refractivity contribution >= 4 is 57.3 Å². The predicted molar refractivity (Wildman–Crippen MR) is 151 cm³/mol. The van der Waals surface area contributed by atoms with E-state index < -0.39 is 23.9 Å². The Labute approximate surface area is 239 Å². The number of methoxy groups -OCH3 is 1. The number of hydrazone groups is 1. The molecule has 0 aromatic heterocycles. The van der Waals surface area contributed by atoms with Crippen molar-refractivity contribution in [3.63, 3.8) is 0 Å². The lowest BCUT2D eigenvalue weighted by Gasteiger charge is -2.30. The first-order valence-electron chi connectivity index (χ1n) is 11.7. The van der Waals surface area contributed by atoms with Crippen molar-refractivity contribution in [2.75, 3.05) is 20.3 Å². The number of esters is 2. The molecule has 0 aliphatic carbocycles. The SMILES string of the molecule is CCOC(=O)C1=C(C)NC(=S)N[C@H]1c1ccccc1OCC(=O)NN=Cc1cc(Br)c(OC(C)=O)c(OC)c1. The minimum atomic E-state index is -0.640. The smallest absolute Gasteiger partial charge is 0.338 e. The number of rotatable bonds is 10. The van der Waals surface area contributed by atoms with E-state index in [1.165, 1.54) is 20.2 Å². The summed E-state index contributed by atoms with van der Waals surface area (Å²) >= 11 is 8.62. The molecule has 1 atom stereocenters. The monoisotopic (exact) mass is 618 g/mol. The summed E-state index contributed by atoms with van der Waals surface area (Å²) in [7, 11) is 1.44. The molecule has 0 spiro atoms. The van der Waals surface area contributed by atoms with Crippen molar-refractivity contribution in [3.8, 4) is 17.2 Å². The van der Waals surface area contributed by atoms with E-state index in [9.17, 15) is 14.4 Å². The number of hydrogen-bond acceptors (Lipinski definition) is 9. The van der Waals surface area contributed by atoms with E-state index in [0.717, 1.165) is 0 Å². The Morgan fingerprint density at radius 2 is 1.95 bits per heavy atom. The molecule has 0 bridgehead atoms. The van der Waals surface area contributed by atoms with Gasteiger partial charge < -0.3 is 29.6 Å². The van der Waals surface area contributed by atoms with Crippen molar-refractivity contribution in [1.82, 2.24) is 16.1 Å². The van der Waals surface area contributed by atoms with E-state index in [4.69, 9.17) is 31.2 Å². The number of carbonyl (C=O) groups excluding carboxylic acids is 3. The van der Waals surface area contributed by atoms with Crippen LogP contribution in [0.5, 0.6) is 17.2 Å². The molecule has 13 heteroatoms. The summed E-state index contributed by atoms with van der Waals surface area (Å²) in [5, 5.41) is 10.3. The zero-order valence-corrected chi connectivity index (χ0v) is 24.0. The Bertz CT molecular complexity index is 1350. The van der Waals surface area contributed by atoms with Gasteiger partial charge in [0.2, 0.25) is 0 Å². The summed E-state index contributed by atoms with van der Waals surface area (Å²) in [5.41, 5.74) is 4.49. The summed E-state index contributed by atoms with van der Waals surface area (Å²) < 4.78 is 21.9. The van der Waals surface area contributed by atoms with Gasteiger partial charge in [-0.1, -0.05) is 18.2 Å². The molecule has 0 fully saturated rings. The number of carbonyl (C=O) groups is 3. The van der Waals surface area contributed by atoms with Gasteiger partial charge in [-0.25, -0.2) is 10.2 Å². The van der Waals surface area contributed by atoms with Gasteiger partial charge in [0, 0.05) is 18.2 Å². The average Bonchev–Trinajstić information content (AvgIpc) is 2.88. The number of benzene rings is 2. The third-order valence-electron chi connectivity index (χ3n) is 5.25. The number of amides is 1. The molecule has 1 amide bonds. The Hall–Kier alpha value is -3.97. The number of nitrogens with zero attached hydrogens (tertiary/aromatic N) is 1. The average molecular weight is 619 g/mol. The third-order valence-corrected chi connectivity index (χ3v) is 6.06. The van der Waals surface area contributed by atoms with Crippen LogP contribution in [-0.4, -0.2) is 49.5 Å². The lowest BCUT2D eigenvalue weighted by atomic mass is 9.95. The summed E-state index contributed by atoms with van der Waals surface area (Å²) in [6, 6.07) is 9.60. The van der Waals surface area contributed by atoms with E-state index in [2.05, 4.69) is 37.1 Å². The van der Waals surface area contributed by atoms with Crippen LogP contribution in [0.2, 0.25) is 0 Å². The summed E-state index contributed by atoms with van der Waals surface area (Å²) in [4.78, 5) is 36.5. The fourth-order valence-corrected chi connectivity index (χ4v) is 4.48. The maximum atomic E-state index is 12.7. The maximum Gasteiger partial charge on any atom is 0.338 e. The molecule has 11 nitrogen and oxygen atoms in total. The zero-order valence-electron chi connectivity index (χ0n) is 21.6. The van der Waals surface area contributed by atoms with Gasteiger partial charge in [-0.2, -0.15) is 5.10 Å². The molecule has 39 heavy (non-hydrogen) atoms. The van der Waals surface area contributed by atoms with Crippen molar-refractivity contribution in [1.29, 1.82) is 0 Å². The van der Waals surface area contributed by atoms with Gasteiger partial charge in [-0.15, -0.1) is 0 Å². The molecule has 3 rings (SSSR count). The first-order chi connectivity index (χ1) is 18.6. The molecule has 0 saturated carbocycles. The fraction of sp³-hybridized carbons (Fsp3) is 0.269. The summed E-state index contributed by atoms with van der Waals surface area (Å²) in [5.74, 6) is -0.583. The van der Waals surface area contributed by atoms with Crippen LogP contribution in [0.3, 0.4) is 0 Å². The van der Waals surface area contributed by atoms with Crippen molar-refractivity contribution in [2.45, 2.75) is 26.8 Å². The fourth-order valence-electron chi connectivity index (χ4n) is 3.67. The van der Waals surface area contributed by atoms with Gasteiger partial charge in [-0.05, 0) is 65.8 Å². The van der Waals surface area contributed by atoms with E-state index in [0.29, 0.717) is 43.5 Å². The lowest BCUT2D eigenvalue weighted by molar-refractivity contribution is -0.139. The highest BCUT2D eigenvalue weighted by Gasteiger charge is 2.32. The van der Waals surface area contributed by atoms with E-state index in [1.54, 1.807) is 50.2 Å². The van der Waals surface area contributed by atoms with Gasteiger partial charge in [0.15, 0.2) is 23.2 Å². The van der Waals surface area contributed by atoms with E-state index in [1.807, 2.05) is 0 Å². The quantitative estimate of drug-likeness (QED) is 0.120. The molecule has 2 aromatic carbocycles.